The summed E-state index contributed by atoms with van der Waals surface area (Å²) in [5, 5.41) is 20.2. The second kappa shape index (κ2) is 6.29. The van der Waals surface area contributed by atoms with Crippen LogP contribution in [0.25, 0.3) is 22.4 Å². The van der Waals surface area contributed by atoms with Gasteiger partial charge >= 0.3 is 5.97 Å². The number of H-pyrrole nitrogens is 1. The molecule has 3 rings (SSSR count). The molecule has 0 atom stereocenters. The standard InChI is InChI=1S/C16H11N3O5S/c1-8-12-14(20)17-11(18-15(12)25-13(8)16(21)22)6-5-9-3-2-4-10(7-9)19(23)24/h2-7H,1H3,(H,21,22)(H,17,18,20)/b6-5-. The first kappa shape index (κ1) is 16.5. The molecule has 0 fully saturated rings. The Hall–Kier alpha value is -3.33. The third kappa shape index (κ3) is 3.17. The highest BCUT2D eigenvalue weighted by Gasteiger charge is 2.18. The molecule has 2 heterocycles. The summed E-state index contributed by atoms with van der Waals surface area (Å²) in [6.45, 7) is 1.57. The minimum atomic E-state index is -1.10. The van der Waals surface area contributed by atoms with E-state index >= 15 is 0 Å². The van der Waals surface area contributed by atoms with Crippen molar-refractivity contribution in [1.82, 2.24) is 9.97 Å². The monoisotopic (exact) mass is 357 g/mol. The number of nitro benzene ring substituents is 1. The predicted molar refractivity (Wildman–Crippen MR) is 94.0 cm³/mol. The number of fused-ring (bicyclic) bond motifs is 1. The molecule has 0 bridgehead atoms. The highest BCUT2D eigenvalue weighted by molar-refractivity contribution is 7.20. The molecule has 0 aliphatic heterocycles. The van der Waals surface area contributed by atoms with Crippen LogP contribution in [0.15, 0.2) is 29.1 Å². The topological polar surface area (TPSA) is 126 Å². The second-order valence-corrected chi connectivity index (χ2v) is 6.18. The van der Waals surface area contributed by atoms with E-state index in [4.69, 9.17) is 5.11 Å². The van der Waals surface area contributed by atoms with Gasteiger partial charge in [0.05, 0.1) is 10.3 Å². The normalized spacial score (nSPS) is 11.2. The van der Waals surface area contributed by atoms with Gasteiger partial charge in [0.15, 0.2) is 0 Å². The Kier molecular flexibility index (Phi) is 4.15. The minimum Gasteiger partial charge on any atom is -0.477 e. The summed E-state index contributed by atoms with van der Waals surface area (Å²) >= 11 is 0.935. The molecule has 3 aromatic rings. The highest BCUT2D eigenvalue weighted by Crippen LogP contribution is 2.27. The lowest BCUT2D eigenvalue weighted by Crippen LogP contribution is -2.09. The van der Waals surface area contributed by atoms with Crippen LogP contribution in [0.5, 0.6) is 0 Å². The lowest BCUT2D eigenvalue weighted by Gasteiger charge is -1.96. The van der Waals surface area contributed by atoms with Crippen LogP contribution in [-0.2, 0) is 0 Å². The zero-order valence-corrected chi connectivity index (χ0v) is 13.7. The molecule has 0 amide bonds. The van der Waals surface area contributed by atoms with E-state index in [1.165, 1.54) is 18.2 Å². The van der Waals surface area contributed by atoms with Crippen molar-refractivity contribution in [2.45, 2.75) is 6.92 Å². The SMILES string of the molecule is Cc1c(C(=O)O)sc2nc(/C=C\c3cccc([N+](=O)[O-])c3)[nH]c(=O)c12. The van der Waals surface area contributed by atoms with Gasteiger partial charge in [0.25, 0.3) is 11.2 Å². The second-order valence-electron chi connectivity index (χ2n) is 5.18. The van der Waals surface area contributed by atoms with Crippen LogP contribution >= 0.6 is 11.3 Å². The van der Waals surface area contributed by atoms with Gasteiger partial charge in [-0.1, -0.05) is 18.2 Å². The number of nitrogens with one attached hydrogen (secondary N) is 1. The average Bonchev–Trinajstić information content (AvgIpc) is 2.90. The zero-order valence-electron chi connectivity index (χ0n) is 12.8. The number of non-ortho nitro benzene ring substituents is 1. The zero-order chi connectivity index (χ0) is 18.1. The highest BCUT2D eigenvalue weighted by atomic mass is 32.1. The molecule has 0 spiro atoms. The van der Waals surface area contributed by atoms with Gasteiger partial charge < -0.3 is 10.1 Å². The number of aryl methyl sites for hydroxylation is 1. The fourth-order valence-corrected chi connectivity index (χ4v) is 3.39. The third-order valence-corrected chi connectivity index (χ3v) is 4.70. The summed E-state index contributed by atoms with van der Waals surface area (Å²) in [6.07, 6.45) is 3.09. The number of carbonyl (C=O) groups is 1. The van der Waals surface area contributed by atoms with E-state index in [0.717, 1.165) is 11.3 Å². The number of hydrogen-bond acceptors (Lipinski definition) is 6. The summed E-state index contributed by atoms with van der Waals surface area (Å²) in [4.78, 5) is 40.9. The number of aromatic nitrogens is 2. The first-order chi connectivity index (χ1) is 11.9. The van der Waals surface area contributed by atoms with Gasteiger partial charge in [-0.2, -0.15) is 0 Å². The third-order valence-electron chi connectivity index (χ3n) is 3.53. The number of rotatable bonds is 4. The molecule has 126 valence electrons. The number of aromatic carboxylic acids is 1. The Labute approximate surface area is 144 Å². The molecule has 0 aliphatic rings. The van der Waals surface area contributed by atoms with E-state index in [1.807, 2.05) is 0 Å². The van der Waals surface area contributed by atoms with Crippen LogP contribution in [0.1, 0.15) is 26.6 Å². The number of nitro groups is 1. The number of carboxylic acid groups (broad SMARTS) is 1. The molecule has 2 N–H and O–H groups in total. The molecule has 0 radical (unpaired) electrons. The molecule has 0 unspecified atom stereocenters. The lowest BCUT2D eigenvalue weighted by molar-refractivity contribution is -0.384. The maximum absolute atomic E-state index is 12.2. The molecule has 2 aromatic heterocycles. The summed E-state index contributed by atoms with van der Waals surface area (Å²) in [5.41, 5.74) is 0.491. The maximum atomic E-state index is 12.2. The predicted octanol–water partition coefficient (Wildman–Crippen LogP) is 3.07. The largest absolute Gasteiger partial charge is 0.477 e. The van der Waals surface area contributed by atoms with E-state index in [9.17, 15) is 19.7 Å². The van der Waals surface area contributed by atoms with Gasteiger partial charge in [-0.15, -0.1) is 11.3 Å². The van der Waals surface area contributed by atoms with Gasteiger partial charge in [-0.25, -0.2) is 9.78 Å². The van der Waals surface area contributed by atoms with Crippen molar-refractivity contribution >= 4 is 45.4 Å². The van der Waals surface area contributed by atoms with Crippen LogP contribution in [0.4, 0.5) is 5.69 Å². The Morgan fingerprint density at radius 1 is 1.40 bits per heavy atom. The molecular formula is C16H11N3O5S. The molecule has 1 aromatic carbocycles. The van der Waals surface area contributed by atoms with E-state index in [1.54, 1.807) is 25.1 Å². The van der Waals surface area contributed by atoms with E-state index < -0.39 is 16.5 Å². The van der Waals surface area contributed by atoms with Crippen molar-refractivity contribution < 1.29 is 14.8 Å². The van der Waals surface area contributed by atoms with Crippen molar-refractivity contribution in [2.24, 2.45) is 0 Å². The van der Waals surface area contributed by atoms with E-state index in [0.29, 0.717) is 16.0 Å². The van der Waals surface area contributed by atoms with Crippen LogP contribution in [0.2, 0.25) is 0 Å². The van der Waals surface area contributed by atoms with Crippen molar-refractivity contribution in [1.29, 1.82) is 0 Å². The van der Waals surface area contributed by atoms with E-state index in [-0.39, 0.29) is 21.8 Å². The number of benzene rings is 1. The molecule has 0 saturated heterocycles. The van der Waals surface area contributed by atoms with Gasteiger partial charge in [0.1, 0.15) is 15.5 Å². The van der Waals surface area contributed by atoms with Crippen LogP contribution < -0.4 is 5.56 Å². The van der Waals surface area contributed by atoms with Crippen LogP contribution in [0.3, 0.4) is 0 Å². The summed E-state index contributed by atoms with van der Waals surface area (Å²) < 4.78 is 0. The molecule has 25 heavy (non-hydrogen) atoms. The van der Waals surface area contributed by atoms with Crippen molar-refractivity contribution in [2.75, 3.05) is 0 Å². The smallest absolute Gasteiger partial charge is 0.346 e. The van der Waals surface area contributed by atoms with Crippen molar-refractivity contribution in [3.8, 4) is 0 Å². The fraction of sp³-hybridized carbons (Fsp3) is 0.0625. The number of aromatic amines is 1. The Morgan fingerprint density at radius 2 is 2.16 bits per heavy atom. The van der Waals surface area contributed by atoms with Crippen molar-refractivity contribution in [3.63, 3.8) is 0 Å². The molecule has 9 heteroatoms. The average molecular weight is 357 g/mol. The Morgan fingerprint density at radius 3 is 2.84 bits per heavy atom. The van der Waals surface area contributed by atoms with Gasteiger partial charge in [-0.05, 0) is 24.1 Å². The minimum absolute atomic E-state index is 0.0426. The molecular weight excluding hydrogens is 346 g/mol. The summed E-state index contributed by atoms with van der Waals surface area (Å²) in [6, 6.07) is 6.01. The first-order valence-electron chi connectivity index (χ1n) is 7.06. The lowest BCUT2D eigenvalue weighted by atomic mass is 10.2. The van der Waals surface area contributed by atoms with Crippen LogP contribution in [0, 0.1) is 17.0 Å². The van der Waals surface area contributed by atoms with E-state index in [2.05, 4.69) is 9.97 Å². The number of hydrogen-bond donors (Lipinski definition) is 2. The fourth-order valence-electron chi connectivity index (χ4n) is 2.36. The van der Waals surface area contributed by atoms with Crippen molar-refractivity contribution in [3.05, 3.63) is 66.6 Å². The van der Waals surface area contributed by atoms with Gasteiger partial charge in [0.2, 0.25) is 0 Å². The van der Waals surface area contributed by atoms with Gasteiger partial charge in [0, 0.05) is 12.1 Å². The number of carboxylic acids is 1. The molecule has 0 aliphatic carbocycles. The molecule has 0 saturated carbocycles. The summed E-state index contributed by atoms with van der Waals surface area (Å²) in [7, 11) is 0. The number of thiophene rings is 1. The Bertz CT molecular complexity index is 1100. The Balaban J connectivity index is 2.02. The van der Waals surface area contributed by atoms with Gasteiger partial charge in [-0.3, -0.25) is 14.9 Å². The number of nitrogens with zero attached hydrogens (tertiary/aromatic N) is 2. The summed E-state index contributed by atoms with van der Waals surface area (Å²) in [5.74, 6) is -0.865. The quantitative estimate of drug-likeness (QED) is 0.546. The van der Waals surface area contributed by atoms with Crippen LogP contribution in [-0.4, -0.2) is 26.0 Å². The molecule has 8 nitrogen and oxygen atoms in total. The first-order valence-corrected chi connectivity index (χ1v) is 7.87. The maximum Gasteiger partial charge on any atom is 0.346 e.